The van der Waals surface area contributed by atoms with Crippen LogP contribution in [0.2, 0.25) is 0 Å². The number of fused-ring (bicyclic) bond motifs is 1. The van der Waals surface area contributed by atoms with Gasteiger partial charge in [-0.3, -0.25) is 4.79 Å². The smallest absolute Gasteiger partial charge is 0.471 e. The first-order chi connectivity index (χ1) is 14.5. The quantitative estimate of drug-likeness (QED) is 0.633. The van der Waals surface area contributed by atoms with E-state index in [1.807, 2.05) is 12.1 Å². The number of methoxy groups -OCH3 is 1. The third kappa shape index (κ3) is 5.58. The summed E-state index contributed by atoms with van der Waals surface area (Å²) < 4.78 is 71.9. The largest absolute Gasteiger partial charge is 0.496 e. The van der Waals surface area contributed by atoms with Crippen LogP contribution < -0.4 is 9.46 Å². The minimum atomic E-state index is -4.96. The van der Waals surface area contributed by atoms with Crippen molar-refractivity contribution < 1.29 is 31.1 Å². The van der Waals surface area contributed by atoms with Crippen molar-refractivity contribution in [2.75, 3.05) is 20.2 Å². The summed E-state index contributed by atoms with van der Waals surface area (Å²) in [6, 6.07) is 9.76. The number of nitrogens with one attached hydrogen (secondary N) is 1. The average molecular weight is 521 g/mol. The van der Waals surface area contributed by atoms with E-state index in [-0.39, 0.29) is 31.0 Å². The maximum absolute atomic E-state index is 12.7. The van der Waals surface area contributed by atoms with E-state index < -0.39 is 22.1 Å². The lowest BCUT2D eigenvalue weighted by Gasteiger charge is -2.29. The molecular weight excluding hydrogens is 501 g/mol. The van der Waals surface area contributed by atoms with Gasteiger partial charge in [0.25, 0.3) is 0 Å². The number of rotatable bonds is 6. The molecule has 0 aliphatic carbocycles. The number of hydrogen-bond acceptors (Lipinski definition) is 4. The highest BCUT2D eigenvalue weighted by molar-refractivity contribution is 9.10. The monoisotopic (exact) mass is 520 g/mol. The molecule has 1 aliphatic rings. The second kappa shape index (κ2) is 9.17. The lowest BCUT2D eigenvalue weighted by Crippen LogP contribution is -2.43. The highest BCUT2D eigenvalue weighted by Crippen LogP contribution is 2.27. The summed E-state index contributed by atoms with van der Waals surface area (Å²) in [6.45, 7) is -0.207. The number of nitrogens with zero attached hydrogens (tertiary/aromatic N) is 1. The molecule has 0 fully saturated rings. The van der Waals surface area contributed by atoms with E-state index in [9.17, 15) is 26.4 Å². The molecule has 0 bridgehead atoms. The van der Waals surface area contributed by atoms with Gasteiger partial charge in [-0.05, 0) is 69.7 Å². The molecule has 11 heteroatoms. The van der Waals surface area contributed by atoms with Crippen molar-refractivity contribution in [1.82, 2.24) is 9.62 Å². The Bertz CT molecular complexity index is 1090. The number of carbonyl (C=O) groups is 1. The number of halogens is 4. The molecule has 1 heterocycles. The molecule has 168 valence electrons. The van der Waals surface area contributed by atoms with Crippen molar-refractivity contribution in [3.63, 3.8) is 0 Å². The average Bonchev–Trinajstić information content (AvgIpc) is 2.71. The van der Waals surface area contributed by atoms with Crippen molar-refractivity contribution in [3.05, 3.63) is 57.6 Å². The molecule has 1 aliphatic heterocycles. The van der Waals surface area contributed by atoms with Gasteiger partial charge < -0.3 is 9.64 Å². The summed E-state index contributed by atoms with van der Waals surface area (Å²) in [5.74, 6) is -1.26. The van der Waals surface area contributed by atoms with Gasteiger partial charge in [0.1, 0.15) is 5.75 Å². The first kappa shape index (κ1) is 23.6. The molecule has 6 nitrogen and oxygen atoms in total. The fraction of sp³-hybridized carbons (Fsp3) is 0.350. The molecule has 2 aromatic rings. The van der Waals surface area contributed by atoms with Gasteiger partial charge in [-0.2, -0.15) is 13.2 Å². The third-order valence-corrected chi connectivity index (χ3v) is 7.03. The van der Waals surface area contributed by atoms with Gasteiger partial charge in [0, 0.05) is 19.6 Å². The molecule has 1 amide bonds. The Hall–Kier alpha value is -2.11. The first-order valence-corrected chi connectivity index (χ1v) is 11.6. The van der Waals surface area contributed by atoms with E-state index in [1.54, 1.807) is 19.2 Å². The number of ether oxygens (including phenoxy) is 1. The Labute approximate surface area is 186 Å². The van der Waals surface area contributed by atoms with Crippen LogP contribution in [-0.4, -0.2) is 45.6 Å². The lowest BCUT2D eigenvalue weighted by atomic mass is 10.00. The van der Waals surface area contributed by atoms with Crippen LogP contribution in [0, 0.1) is 0 Å². The van der Waals surface area contributed by atoms with Crippen LogP contribution in [0.25, 0.3) is 0 Å². The van der Waals surface area contributed by atoms with Gasteiger partial charge in [-0.25, -0.2) is 13.1 Å². The van der Waals surface area contributed by atoms with Gasteiger partial charge in [0.2, 0.25) is 10.0 Å². The molecule has 0 radical (unpaired) electrons. The van der Waals surface area contributed by atoms with Gasteiger partial charge in [-0.1, -0.05) is 12.1 Å². The van der Waals surface area contributed by atoms with Crippen molar-refractivity contribution in [2.24, 2.45) is 0 Å². The molecule has 0 saturated carbocycles. The molecule has 0 aromatic heterocycles. The van der Waals surface area contributed by atoms with Crippen LogP contribution in [0.15, 0.2) is 45.8 Å². The summed E-state index contributed by atoms with van der Waals surface area (Å²) in [4.78, 5) is 12.1. The number of carbonyl (C=O) groups excluding carboxylic acids is 1. The molecule has 0 spiro atoms. The predicted octanol–water partition coefficient (Wildman–Crippen LogP) is 3.43. The van der Waals surface area contributed by atoms with Gasteiger partial charge in [-0.15, -0.1) is 0 Å². The maximum atomic E-state index is 12.7. The van der Waals surface area contributed by atoms with E-state index in [0.717, 1.165) is 15.6 Å². The molecular formula is C20H20BrF3N2O4S. The van der Waals surface area contributed by atoms with Crippen LogP contribution in [0.4, 0.5) is 13.2 Å². The van der Waals surface area contributed by atoms with Crippen molar-refractivity contribution in [1.29, 1.82) is 0 Å². The number of alkyl halides is 3. The van der Waals surface area contributed by atoms with E-state index in [1.165, 1.54) is 12.1 Å². The maximum Gasteiger partial charge on any atom is 0.471 e. The van der Waals surface area contributed by atoms with E-state index in [0.29, 0.717) is 22.6 Å². The molecule has 31 heavy (non-hydrogen) atoms. The number of amides is 1. The summed E-state index contributed by atoms with van der Waals surface area (Å²) >= 11 is 3.38. The van der Waals surface area contributed by atoms with Crippen molar-refractivity contribution in [3.8, 4) is 5.75 Å². The van der Waals surface area contributed by atoms with Gasteiger partial charge in [0.15, 0.2) is 0 Å². The minimum Gasteiger partial charge on any atom is -0.496 e. The number of sulfonamides is 1. The topological polar surface area (TPSA) is 75.7 Å². The summed E-state index contributed by atoms with van der Waals surface area (Å²) in [7, 11) is -2.32. The molecule has 2 aromatic carbocycles. The van der Waals surface area contributed by atoms with Crippen LogP contribution in [0.3, 0.4) is 0 Å². The second-order valence-corrected chi connectivity index (χ2v) is 9.64. The molecule has 0 atom stereocenters. The highest BCUT2D eigenvalue weighted by Gasteiger charge is 2.43. The Balaban J connectivity index is 1.68. The second-order valence-electron chi connectivity index (χ2n) is 7.02. The van der Waals surface area contributed by atoms with E-state index >= 15 is 0 Å². The predicted molar refractivity (Wildman–Crippen MR) is 111 cm³/mol. The Morgan fingerprint density at radius 2 is 1.94 bits per heavy atom. The van der Waals surface area contributed by atoms with Crippen LogP contribution in [0.1, 0.15) is 16.7 Å². The Morgan fingerprint density at radius 3 is 2.58 bits per heavy atom. The fourth-order valence-corrected chi connectivity index (χ4v) is 5.00. The number of benzene rings is 2. The first-order valence-electron chi connectivity index (χ1n) is 9.31. The van der Waals surface area contributed by atoms with Crippen LogP contribution in [0.5, 0.6) is 5.75 Å². The molecule has 3 rings (SSSR count). The van der Waals surface area contributed by atoms with E-state index in [4.69, 9.17) is 4.74 Å². The van der Waals surface area contributed by atoms with Gasteiger partial charge in [0.05, 0.1) is 16.5 Å². The van der Waals surface area contributed by atoms with Crippen LogP contribution in [-0.2, 0) is 34.2 Å². The zero-order valence-corrected chi connectivity index (χ0v) is 18.9. The third-order valence-electron chi connectivity index (χ3n) is 4.95. The summed E-state index contributed by atoms with van der Waals surface area (Å²) in [5, 5.41) is 0. The zero-order chi connectivity index (χ0) is 22.8. The molecule has 1 N–H and O–H groups in total. The normalized spacial score (nSPS) is 14.3. The van der Waals surface area contributed by atoms with Crippen molar-refractivity contribution in [2.45, 2.75) is 30.5 Å². The lowest BCUT2D eigenvalue weighted by molar-refractivity contribution is -0.186. The summed E-state index contributed by atoms with van der Waals surface area (Å²) in [6.07, 6.45) is -4.29. The fourth-order valence-electron chi connectivity index (χ4n) is 3.33. The molecule has 0 unspecified atom stereocenters. The standard InChI is InChI=1S/C20H20BrF3N2O4S/c1-30-18-5-2-13(10-17(18)21)6-8-25-31(28,29)16-4-3-14-7-9-26(12-15(14)11-16)19(27)20(22,23)24/h2-5,10-11,25H,6-9,12H2,1H3. The summed E-state index contributed by atoms with van der Waals surface area (Å²) in [5.41, 5.74) is 2.01. The minimum absolute atomic E-state index is 0.0523. The Kier molecular flexibility index (Phi) is 6.97. The number of hydrogen-bond donors (Lipinski definition) is 1. The molecule has 0 saturated heterocycles. The highest BCUT2D eigenvalue weighted by atomic mass is 79.9. The Morgan fingerprint density at radius 1 is 1.19 bits per heavy atom. The van der Waals surface area contributed by atoms with Crippen LogP contribution >= 0.6 is 15.9 Å². The van der Waals surface area contributed by atoms with Crippen molar-refractivity contribution >= 4 is 31.9 Å². The zero-order valence-electron chi connectivity index (χ0n) is 16.5. The van der Waals surface area contributed by atoms with Gasteiger partial charge >= 0.3 is 12.1 Å². The SMILES string of the molecule is COc1ccc(CCNS(=O)(=O)c2ccc3c(c2)CN(C(=O)C(F)(F)F)CC3)cc1Br. The van der Waals surface area contributed by atoms with E-state index in [2.05, 4.69) is 20.7 Å².